The van der Waals surface area contributed by atoms with E-state index in [0.29, 0.717) is 5.69 Å². The first-order chi connectivity index (χ1) is 12.6. The van der Waals surface area contributed by atoms with Gasteiger partial charge in [0.25, 0.3) is 0 Å². The average Bonchev–Trinajstić information content (AvgIpc) is 3.28. The van der Waals surface area contributed by atoms with Crippen molar-refractivity contribution in [3.05, 3.63) is 42.2 Å². The van der Waals surface area contributed by atoms with Gasteiger partial charge in [-0.3, -0.25) is 0 Å². The van der Waals surface area contributed by atoms with E-state index in [1.165, 1.54) is 17.3 Å². The molecular formula is C16H21N9O. The zero-order valence-corrected chi connectivity index (χ0v) is 14.9. The van der Waals surface area contributed by atoms with Crippen molar-refractivity contribution in [2.45, 2.75) is 39.8 Å². The monoisotopic (exact) mass is 355 g/mol. The molecule has 1 aromatic carbocycles. The van der Waals surface area contributed by atoms with Gasteiger partial charge in [0.2, 0.25) is 0 Å². The summed E-state index contributed by atoms with van der Waals surface area (Å²) < 4.78 is 3.33. The lowest BCUT2D eigenvalue weighted by atomic mass is 10.2. The van der Waals surface area contributed by atoms with Crippen LogP contribution in [0.15, 0.2) is 30.9 Å². The Labute approximate surface area is 150 Å². The van der Waals surface area contributed by atoms with Crippen molar-refractivity contribution >= 4 is 11.7 Å². The van der Waals surface area contributed by atoms with Gasteiger partial charge in [-0.15, -0.1) is 5.10 Å². The van der Waals surface area contributed by atoms with Crippen molar-refractivity contribution in [2.24, 2.45) is 0 Å². The Kier molecular flexibility index (Phi) is 5.20. The van der Waals surface area contributed by atoms with Crippen LogP contribution >= 0.6 is 0 Å². The number of benzene rings is 1. The van der Waals surface area contributed by atoms with Gasteiger partial charge in [-0.25, -0.2) is 19.1 Å². The van der Waals surface area contributed by atoms with Gasteiger partial charge >= 0.3 is 6.03 Å². The fourth-order valence-corrected chi connectivity index (χ4v) is 2.58. The number of aromatic nitrogens is 7. The topological polar surface area (TPSA) is 115 Å². The number of tetrazole rings is 1. The molecule has 0 aliphatic heterocycles. The molecule has 26 heavy (non-hydrogen) atoms. The van der Waals surface area contributed by atoms with Gasteiger partial charge in [-0.2, -0.15) is 5.10 Å². The lowest BCUT2D eigenvalue weighted by molar-refractivity contribution is 0.248. The van der Waals surface area contributed by atoms with E-state index in [4.69, 9.17) is 0 Å². The van der Waals surface area contributed by atoms with E-state index in [-0.39, 0.29) is 12.1 Å². The third-order valence-electron chi connectivity index (χ3n) is 3.90. The predicted octanol–water partition coefficient (Wildman–Crippen LogP) is 1.85. The first-order valence-corrected chi connectivity index (χ1v) is 8.37. The molecule has 3 rings (SSSR count). The summed E-state index contributed by atoms with van der Waals surface area (Å²) in [7, 11) is 0. The van der Waals surface area contributed by atoms with Crippen LogP contribution in [0.25, 0.3) is 5.69 Å². The second-order valence-corrected chi connectivity index (χ2v) is 5.92. The molecule has 1 atom stereocenters. The van der Waals surface area contributed by atoms with Crippen LogP contribution in [0, 0.1) is 6.92 Å². The quantitative estimate of drug-likeness (QED) is 0.697. The van der Waals surface area contributed by atoms with Crippen molar-refractivity contribution in [2.75, 3.05) is 5.32 Å². The average molecular weight is 355 g/mol. The molecule has 2 aromatic heterocycles. The third-order valence-corrected chi connectivity index (χ3v) is 3.90. The summed E-state index contributed by atoms with van der Waals surface area (Å²) in [5, 5.41) is 21.0. The molecule has 10 nitrogen and oxygen atoms in total. The second kappa shape index (κ2) is 7.72. The summed E-state index contributed by atoms with van der Waals surface area (Å²) in [4.78, 5) is 16.7. The van der Waals surface area contributed by atoms with Gasteiger partial charge in [-0.1, -0.05) is 13.0 Å². The van der Waals surface area contributed by atoms with Crippen LogP contribution in [0.3, 0.4) is 0 Å². The minimum Gasteiger partial charge on any atom is -0.328 e. The molecule has 10 heteroatoms. The number of rotatable bonds is 6. The smallest absolute Gasteiger partial charge is 0.319 e. The molecule has 0 saturated carbocycles. The van der Waals surface area contributed by atoms with Gasteiger partial charge < -0.3 is 10.6 Å². The maximum Gasteiger partial charge on any atom is 0.319 e. The second-order valence-electron chi connectivity index (χ2n) is 5.92. The highest BCUT2D eigenvalue weighted by Crippen LogP contribution is 2.19. The van der Waals surface area contributed by atoms with Gasteiger partial charge in [-0.05, 0) is 48.4 Å². The number of anilines is 1. The summed E-state index contributed by atoms with van der Waals surface area (Å²) in [5.41, 5.74) is 2.36. The molecule has 0 radical (unpaired) electrons. The molecule has 2 heterocycles. The van der Waals surface area contributed by atoms with Gasteiger partial charge in [0.15, 0.2) is 0 Å². The van der Waals surface area contributed by atoms with Crippen molar-refractivity contribution in [1.29, 1.82) is 0 Å². The molecule has 2 N–H and O–H groups in total. The normalized spacial score (nSPS) is 12.0. The van der Waals surface area contributed by atoms with Crippen molar-refractivity contribution in [1.82, 2.24) is 40.3 Å². The molecule has 2 amide bonds. The van der Waals surface area contributed by atoms with Crippen molar-refractivity contribution in [3.63, 3.8) is 0 Å². The number of carbonyl (C=O) groups is 1. The first kappa shape index (κ1) is 17.5. The van der Waals surface area contributed by atoms with Crippen molar-refractivity contribution < 1.29 is 4.79 Å². The number of nitrogens with one attached hydrogen (secondary N) is 2. The Morgan fingerprint density at radius 1 is 1.35 bits per heavy atom. The molecule has 0 bridgehead atoms. The number of hydrogen-bond acceptors (Lipinski definition) is 6. The third kappa shape index (κ3) is 3.85. The molecule has 0 fully saturated rings. The van der Waals surface area contributed by atoms with Crippen LogP contribution in [0.2, 0.25) is 0 Å². The van der Waals surface area contributed by atoms with E-state index in [0.717, 1.165) is 30.0 Å². The highest BCUT2D eigenvalue weighted by Gasteiger charge is 2.16. The van der Waals surface area contributed by atoms with Crippen LogP contribution in [-0.2, 0) is 6.54 Å². The molecule has 136 valence electrons. The lowest BCUT2D eigenvalue weighted by Gasteiger charge is -2.16. The summed E-state index contributed by atoms with van der Waals surface area (Å²) in [6.07, 6.45) is 3.94. The number of aryl methyl sites for hydroxylation is 2. The predicted molar refractivity (Wildman–Crippen MR) is 94.8 cm³/mol. The molecule has 0 saturated heterocycles. The van der Waals surface area contributed by atoms with Crippen LogP contribution in [0.1, 0.15) is 37.7 Å². The van der Waals surface area contributed by atoms with Crippen LogP contribution < -0.4 is 10.6 Å². The molecule has 1 unspecified atom stereocenters. The van der Waals surface area contributed by atoms with Gasteiger partial charge in [0, 0.05) is 12.2 Å². The minimum absolute atomic E-state index is 0.271. The van der Waals surface area contributed by atoms with Gasteiger partial charge in [0.1, 0.15) is 18.5 Å². The molecule has 0 aliphatic rings. The highest BCUT2D eigenvalue weighted by molar-refractivity contribution is 5.90. The van der Waals surface area contributed by atoms with Crippen molar-refractivity contribution in [3.8, 4) is 5.69 Å². The fourth-order valence-electron chi connectivity index (χ4n) is 2.58. The number of urea groups is 1. The number of hydrogen-bond donors (Lipinski definition) is 2. The SMILES string of the molecule is CCCn1ncnc1C(C)NC(=O)Nc1cc(-n2cnnn2)ccc1C. The Morgan fingerprint density at radius 3 is 2.92 bits per heavy atom. The van der Waals surface area contributed by atoms with E-state index < -0.39 is 0 Å². The number of amides is 2. The van der Waals surface area contributed by atoms with Crippen LogP contribution in [0.4, 0.5) is 10.5 Å². The summed E-state index contributed by atoms with van der Waals surface area (Å²) in [6.45, 7) is 6.62. The van der Waals surface area contributed by atoms with Crippen LogP contribution in [-0.4, -0.2) is 41.0 Å². The largest absolute Gasteiger partial charge is 0.328 e. The number of nitrogens with zero attached hydrogens (tertiary/aromatic N) is 7. The molecule has 0 aliphatic carbocycles. The maximum absolute atomic E-state index is 12.4. The Bertz CT molecular complexity index is 872. The van der Waals surface area contributed by atoms with E-state index in [2.05, 4.69) is 43.2 Å². The molecule has 3 aromatic rings. The van der Waals surface area contributed by atoms with Crippen LogP contribution in [0.5, 0.6) is 0 Å². The summed E-state index contributed by atoms with van der Waals surface area (Å²) in [5.74, 6) is 0.723. The summed E-state index contributed by atoms with van der Waals surface area (Å²) in [6, 6.07) is 5.00. The number of carbonyl (C=O) groups excluding carboxylic acids is 1. The molecule has 0 spiro atoms. The Balaban J connectivity index is 1.70. The van der Waals surface area contributed by atoms with E-state index in [1.807, 2.05) is 32.0 Å². The highest BCUT2D eigenvalue weighted by atomic mass is 16.2. The lowest BCUT2D eigenvalue weighted by Crippen LogP contribution is -2.33. The molecular weight excluding hydrogens is 334 g/mol. The summed E-state index contributed by atoms with van der Waals surface area (Å²) >= 11 is 0. The fraction of sp³-hybridized carbons (Fsp3) is 0.375. The maximum atomic E-state index is 12.4. The van der Waals surface area contributed by atoms with E-state index in [1.54, 1.807) is 4.68 Å². The van der Waals surface area contributed by atoms with E-state index in [9.17, 15) is 4.79 Å². The van der Waals surface area contributed by atoms with E-state index >= 15 is 0 Å². The minimum atomic E-state index is -0.319. The van der Waals surface area contributed by atoms with Gasteiger partial charge in [0.05, 0.1) is 11.7 Å². The zero-order valence-electron chi connectivity index (χ0n) is 14.9. The Morgan fingerprint density at radius 2 is 2.19 bits per heavy atom. The first-order valence-electron chi connectivity index (χ1n) is 8.37. The zero-order chi connectivity index (χ0) is 18.5. The Hall–Kier alpha value is -3.30. The standard InChI is InChI=1S/C16H21N9O/c1-4-7-24-15(17-9-19-24)12(3)20-16(26)21-14-8-13(6-5-11(14)2)25-10-18-22-23-25/h5-6,8-10,12H,4,7H2,1-3H3,(H2,20,21,26).